The lowest BCUT2D eigenvalue weighted by molar-refractivity contribution is -0.117. The number of rotatable bonds is 3. The summed E-state index contributed by atoms with van der Waals surface area (Å²) in [5.41, 5.74) is 8.36. The molecule has 4 heteroatoms. The average molecular weight is 218 g/mol. The molecular weight excluding hydrogens is 204 g/mol. The molecule has 1 heterocycles. The Labute approximate surface area is 93.5 Å². The SMILES string of the molecule is CC(=O)CC(N)c1ccc2oc(C)nc2c1. The first-order valence-corrected chi connectivity index (χ1v) is 5.18. The number of nitrogens with two attached hydrogens (primary N) is 1. The van der Waals surface area contributed by atoms with Gasteiger partial charge in [0.1, 0.15) is 11.3 Å². The van der Waals surface area contributed by atoms with Crippen molar-refractivity contribution in [2.24, 2.45) is 5.73 Å². The molecule has 0 spiro atoms. The molecule has 2 rings (SSSR count). The minimum absolute atomic E-state index is 0.0870. The second kappa shape index (κ2) is 4.06. The molecule has 1 aromatic carbocycles. The Morgan fingerprint density at radius 1 is 1.56 bits per heavy atom. The molecule has 16 heavy (non-hydrogen) atoms. The highest BCUT2D eigenvalue weighted by molar-refractivity contribution is 5.77. The molecule has 84 valence electrons. The van der Waals surface area contributed by atoms with Gasteiger partial charge in [0.2, 0.25) is 0 Å². The van der Waals surface area contributed by atoms with Gasteiger partial charge in [-0.2, -0.15) is 0 Å². The summed E-state index contributed by atoms with van der Waals surface area (Å²) < 4.78 is 5.36. The molecular formula is C12H14N2O2. The maximum absolute atomic E-state index is 11.0. The number of benzene rings is 1. The van der Waals surface area contributed by atoms with Gasteiger partial charge in [0.15, 0.2) is 11.5 Å². The normalized spacial score (nSPS) is 12.9. The van der Waals surface area contributed by atoms with Crippen molar-refractivity contribution in [3.05, 3.63) is 29.7 Å². The zero-order valence-electron chi connectivity index (χ0n) is 9.36. The molecule has 0 aliphatic carbocycles. The van der Waals surface area contributed by atoms with E-state index in [9.17, 15) is 4.79 Å². The van der Waals surface area contributed by atoms with Gasteiger partial charge >= 0.3 is 0 Å². The van der Waals surface area contributed by atoms with Gasteiger partial charge in [-0.1, -0.05) is 6.07 Å². The van der Waals surface area contributed by atoms with Crippen molar-refractivity contribution in [1.29, 1.82) is 0 Å². The number of Topliss-reactive ketones (excluding diaryl/α,β-unsaturated/α-hetero) is 1. The van der Waals surface area contributed by atoms with Crippen LogP contribution in [0.2, 0.25) is 0 Å². The number of hydrogen-bond acceptors (Lipinski definition) is 4. The van der Waals surface area contributed by atoms with Crippen molar-refractivity contribution in [1.82, 2.24) is 4.98 Å². The number of oxazole rings is 1. The van der Waals surface area contributed by atoms with Crippen LogP contribution in [0, 0.1) is 6.92 Å². The van der Waals surface area contributed by atoms with Gasteiger partial charge in [0.05, 0.1) is 0 Å². The van der Waals surface area contributed by atoms with Crippen LogP contribution in [0.25, 0.3) is 11.1 Å². The molecule has 0 saturated carbocycles. The summed E-state index contributed by atoms with van der Waals surface area (Å²) in [6, 6.07) is 5.32. The van der Waals surface area contributed by atoms with E-state index in [1.807, 2.05) is 18.2 Å². The summed E-state index contributed by atoms with van der Waals surface area (Å²) >= 11 is 0. The van der Waals surface area contributed by atoms with Crippen LogP contribution in [0.15, 0.2) is 22.6 Å². The summed E-state index contributed by atoms with van der Waals surface area (Å²) in [5.74, 6) is 0.719. The molecule has 1 atom stereocenters. The quantitative estimate of drug-likeness (QED) is 0.856. The van der Waals surface area contributed by atoms with E-state index < -0.39 is 0 Å². The zero-order chi connectivity index (χ0) is 11.7. The van der Waals surface area contributed by atoms with Crippen LogP contribution in [0.5, 0.6) is 0 Å². The van der Waals surface area contributed by atoms with E-state index in [0.717, 1.165) is 16.7 Å². The summed E-state index contributed by atoms with van der Waals surface area (Å²) in [6.07, 6.45) is 0.350. The largest absolute Gasteiger partial charge is 0.441 e. The number of ketones is 1. The smallest absolute Gasteiger partial charge is 0.192 e. The summed E-state index contributed by atoms with van der Waals surface area (Å²) in [5, 5.41) is 0. The standard InChI is InChI=1S/C12H14N2O2/c1-7(15)5-10(13)9-3-4-12-11(6-9)14-8(2)16-12/h3-4,6,10H,5,13H2,1-2H3. The number of carbonyl (C=O) groups excluding carboxylic acids is 1. The van der Waals surface area contributed by atoms with Crippen LogP contribution < -0.4 is 5.73 Å². The lowest BCUT2D eigenvalue weighted by atomic mass is 10.0. The van der Waals surface area contributed by atoms with Gasteiger partial charge in [-0.05, 0) is 24.6 Å². The lowest BCUT2D eigenvalue weighted by Crippen LogP contribution is -2.13. The van der Waals surface area contributed by atoms with Crippen LogP contribution in [-0.4, -0.2) is 10.8 Å². The molecule has 0 saturated heterocycles. The Morgan fingerprint density at radius 3 is 3.00 bits per heavy atom. The van der Waals surface area contributed by atoms with Gasteiger partial charge in [0.25, 0.3) is 0 Å². The number of hydrogen-bond donors (Lipinski definition) is 1. The first kappa shape index (κ1) is 10.8. The molecule has 2 N–H and O–H groups in total. The third-order valence-electron chi connectivity index (χ3n) is 2.45. The fraction of sp³-hybridized carbons (Fsp3) is 0.333. The first-order valence-electron chi connectivity index (χ1n) is 5.18. The van der Waals surface area contributed by atoms with Gasteiger partial charge < -0.3 is 10.2 Å². The number of aryl methyl sites for hydroxylation is 1. The van der Waals surface area contributed by atoms with Crippen LogP contribution >= 0.6 is 0 Å². The first-order chi connectivity index (χ1) is 7.56. The predicted molar refractivity (Wildman–Crippen MR) is 61.0 cm³/mol. The Bertz CT molecular complexity index is 531. The molecule has 0 amide bonds. The molecule has 0 radical (unpaired) electrons. The van der Waals surface area contributed by atoms with Gasteiger partial charge in [0, 0.05) is 19.4 Å². The highest BCUT2D eigenvalue weighted by atomic mass is 16.3. The van der Waals surface area contributed by atoms with Crippen LogP contribution in [0.3, 0.4) is 0 Å². The van der Waals surface area contributed by atoms with Crippen molar-refractivity contribution >= 4 is 16.9 Å². The molecule has 1 aromatic heterocycles. The minimum atomic E-state index is -0.265. The van der Waals surface area contributed by atoms with Gasteiger partial charge in [-0.25, -0.2) is 4.98 Å². The lowest BCUT2D eigenvalue weighted by Gasteiger charge is -2.09. The number of fused-ring (bicyclic) bond motifs is 1. The van der Waals surface area contributed by atoms with E-state index in [4.69, 9.17) is 10.2 Å². The van der Waals surface area contributed by atoms with Crippen LogP contribution in [0.4, 0.5) is 0 Å². The van der Waals surface area contributed by atoms with Crippen molar-refractivity contribution in [2.75, 3.05) is 0 Å². The Hall–Kier alpha value is -1.68. The minimum Gasteiger partial charge on any atom is -0.441 e. The fourth-order valence-corrected chi connectivity index (χ4v) is 1.72. The van der Waals surface area contributed by atoms with E-state index in [-0.39, 0.29) is 11.8 Å². The maximum atomic E-state index is 11.0. The second-order valence-corrected chi connectivity index (χ2v) is 3.97. The molecule has 0 fully saturated rings. The van der Waals surface area contributed by atoms with E-state index in [1.165, 1.54) is 0 Å². The van der Waals surface area contributed by atoms with E-state index in [1.54, 1.807) is 13.8 Å². The van der Waals surface area contributed by atoms with Crippen molar-refractivity contribution in [3.8, 4) is 0 Å². The molecule has 4 nitrogen and oxygen atoms in total. The number of carbonyl (C=O) groups is 1. The third-order valence-corrected chi connectivity index (χ3v) is 2.45. The fourth-order valence-electron chi connectivity index (χ4n) is 1.72. The average Bonchev–Trinajstić information content (AvgIpc) is 2.55. The topological polar surface area (TPSA) is 69.1 Å². The van der Waals surface area contributed by atoms with Gasteiger partial charge in [-0.3, -0.25) is 4.79 Å². The summed E-state index contributed by atoms with van der Waals surface area (Å²) in [7, 11) is 0. The molecule has 0 bridgehead atoms. The van der Waals surface area contributed by atoms with Gasteiger partial charge in [-0.15, -0.1) is 0 Å². The van der Waals surface area contributed by atoms with E-state index in [2.05, 4.69) is 4.98 Å². The Balaban J connectivity index is 2.34. The molecule has 0 aliphatic heterocycles. The summed E-state index contributed by atoms with van der Waals surface area (Å²) in [6.45, 7) is 3.34. The Kier molecular flexibility index (Phi) is 2.75. The molecule has 2 aromatic rings. The summed E-state index contributed by atoms with van der Waals surface area (Å²) in [4.78, 5) is 15.2. The zero-order valence-corrected chi connectivity index (χ0v) is 9.36. The highest BCUT2D eigenvalue weighted by Gasteiger charge is 2.11. The van der Waals surface area contributed by atoms with Crippen molar-refractivity contribution < 1.29 is 9.21 Å². The predicted octanol–water partition coefficient (Wildman–Crippen LogP) is 2.12. The van der Waals surface area contributed by atoms with Crippen LogP contribution in [-0.2, 0) is 4.79 Å². The molecule has 1 unspecified atom stereocenters. The van der Waals surface area contributed by atoms with E-state index in [0.29, 0.717) is 12.3 Å². The maximum Gasteiger partial charge on any atom is 0.192 e. The highest BCUT2D eigenvalue weighted by Crippen LogP contribution is 2.21. The molecule has 0 aliphatic rings. The van der Waals surface area contributed by atoms with Crippen LogP contribution in [0.1, 0.15) is 30.8 Å². The van der Waals surface area contributed by atoms with Crippen molar-refractivity contribution in [2.45, 2.75) is 26.3 Å². The van der Waals surface area contributed by atoms with Crippen molar-refractivity contribution in [3.63, 3.8) is 0 Å². The number of nitrogens with zero attached hydrogens (tertiary/aromatic N) is 1. The Morgan fingerprint density at radius 2 is 2.31 bits per heavy atom. The van der Waals surface area contributed by atoms with E-state index >= 15 is 0 Å². The number of aromatic nitrogens is 1. The second-order valence-electron chi connectivity index (χ2n) is 3.97. The monoisotopic (exact) mass is 218 g/mol. The third kappa shape index (κ3) is 2.12.